The molecule has 0 bridgehead atoms. The second kappa shape index (κ2) is 8.69. The molecule has 0 aromatic heterocycles. The summed E-state index contributed by atoms with van der Waals surface area (Å²) >= 11 is 0. The number of amides is 1. The fourth-order valence-corrected chi connectivity index (χ4v) is 6.49. The zero-order valence-corrected chi connectivity index (χ0v) is 18.9. The Hall–Kier alpha value is -2.51. The molecule has 2 aromatic carbocycles. The fourth-order valence-electron chi connectivity index (χ4n) is 4.12. The van der Waals surface area contributed by atoms with Crippen LogP contribution in [-0.2, 0) is 11.3 Å². The Morgan fingerprint density at radius 3 is 2.53 bits per heavy atom. The highest BCUT2D eigenvalue weighted by atomic mass is 28.3. The third-order valence-electron chi connectivity index (χ3n) is 5.86. The Morgan fingerprint density at radius 1 is 1.27 bits per heavy atom. The Balaban J connectivity index is 1.93. The van der Waals surface area contributed by atoms with Crippen molar-refractivity contribution in [2.75, 3.05) is 6.17 Å². The van der Waals surface area contributed by atoms with E-state index in [1.54, 1.807) is 48.2 Å². The van der Waals surface area contributed by atoms with Gasteiger partial charge in [-0.25, -0.2) is 9.18 Å². The minimum atomic E-state index is -1.46. The summed E-state index contributed by atoms with van der Waals surface area (Å²) in [6.45, 7) is 8.38. The molecule has 0 unspecified atom stereocenters. The van der Waals surface area contributed by atoms with Crippen molar-refractivity contribution in [2.24, 2.45) is 0 Å². The molecule has 0 radical (unpaired) electrons. The molecular formula is C23H29FN2O3Si. The van der Waals surface area contributed by atoms with Crippen LogP contribution >= 0.6 is 0 Å². The number of carboxylic acid groups (broad SMARTS) is 1. The topological polar surface area (TPSA) is 69.6 Å². The third kappa shape index (κ3) is 4.79. The number of aromatic carboxylic acids is 1. The van der Waals surface area contributed by atoms with Crippen LogP contribution in [0, 0.1) is 12.7 Å². The van der Waals surface area contributed by atoms with Gasteiger partial charge in [0.25, 0.3) is 0 Å². The Kier molecular flexibility index (Phi) is 6.43. The molecule has 160 valence electrons. The van der Waals surface area contributed by atoms with Crippen molar-refractivity contribution in [1.82, 2.24) is 10.2 Å². The lowest BCUT2D eigenvalue weighted by Gasteiger charge is -2.32. The van der Waals surface area contributed by atoms with Crippen LogP contribution in [0.5, 0.6) is 0 Å². The van der Waals surface area contributed by atoms with E-state index in [-0.39, 0.29) is 29.9 Å². The number of hydrogen-bond acceptors (Lipinski definition) is 3. The lowest BCUT2D eigenvalue weighted by atomic mass is 10.0. The van der Waals surface area contributed by atoms with E-state index in [1.165, 1.54) is 6.07 Å². The normalized spacial score (nSPS) is 18.8. The van der Waals surface area contributed by atoms with Crippen LogP contribution in [0.25, 0.3) is 0 Å². The van der Waals surface area contributed by atoms with Crippen molar-refractivity contribution in [3.05, 3.63) is 70.5 Å². The van der Waals surface area contributed by atoms with E-state index in [4.69, 9.17) is 0 Å². The van der Waals surface area contributed by atoms with E-state index in [0.29, 0.717) is 11.1 Å². The largest absolute Gasteiger partial charge is 0.478 e. The number of carbonyl (C=O) groups is 2. The van der Waals surface area contributed by atoms with E-state index in [1.807, 2.05) is 6.92 Å². The maximum Gasteiger partial charge on any atom is 0.335 e. The van der Waals surface area contributed by atoms with Gasteiger partial charge < -0.3 is 15.3 Å². The molecule has 0 saturated carbocycles. The van der Waals surface area contributed by atoms with Crippen molar-refractivity contribution >= 4 is 20.0 Å². The first-order chi connectivity index (χ1) is 14.1. The molecule has 5 nitrogen and oxygen atoms in total. The van der Waals surface area contributed by atoms with Gasteiger partial charge in [-0.1, -0.05) is 43.4 Å². The lowest BCUT2D eigenvalue weighted by molar-refractivity contribution is -0.135. The third-order valence-corrected chi connectivity index (χ3v) is 8.54. The first-order valence-corrected chi connectivity index (χ1v) is 13.6. The maximum absolute atomic E-state index is 14.5. The average Bonchev–Trinajstić information content (AvgIpc) is 3.05. The number of nitrogens with zero attached hydrogens (tertiary/aromatic N) is 1. The van der Waals surface area contributed by atoms with E-state index in [0.717, 1.165) is 17.8 Å². The van der Waals surface area contributed by atoms with Gasteiger partial charge in [0.15, 0.2) is 0 Å². The zero-order chi connectivity index (χ0) is 22.1. The second-order valence-electron chi connectivity index (χ2n) is 8.92. The van der Waals surface area contributed by atoms with Gasteiger partial charge in [-0.3, -0.25) is 4.79 Å². The van der Waals surface area contributed by atoms with Crippen LogP contribution < -0.4 is 5.32 Å². The monoisotopic (exact) mass is 428 g/mol. The van der Waals surface area contributed by atoms with Crippen LogP contribution in [0.2, 0.25) is 19.1 Å². The molecule has 1 aliphatic rings. The highest BCUT2D eigenvalue weighted by molar-refractivity contribution is 6.78. The predicted molar refractivity (Wildman–Crippen MR) is 118 cm³/mol. The van der Waals surface area contributed by atoms with Gasteiger partial charge in [-0.2, -0.15) is 0 Å². The summed E-state index contributed by atoms with van der Waals surface area (Å²) in [5.74, 6) is -1.35. The lowest BCUT2D eigenvalue weighted by Crippen LogP contribution is -2.44. The van der Waals surface area contributed by atoms with Crippen molar-refractivity contribution in [1.29, 1.82) is 0 Å². The summed E-state index contributed by atoms with van der Waals surface area (Å²) in [7, 11) is -1.46. The fraction of sp³-hybridized carbons (Fsp3) is 0.391. The number of rotatable bonds is 6. The average molecular weight is 429 g/mol. The quantitative estimate of drug-likeness (QED) is 0.679. The van der Waals surface area contributed by atoms with Gasteiger partial charge in [0.05, 0.1) is 25.7 Å². The molecular weight excluding hydrogens is 399 g/mol. The molecule has 3 rings (SSSR count). The molecule has 2 atom stereocenters. The van der Waals surface area contributed by atoms with E-state index in [9.17, 15) is 19.1 Å². The first kappa shape index (κ1) is 22.2. The van der Waals surface area contributed by atoms with Crippen molar-refractivity contribution in [2.45, 2.75) is 51.6 Å². The van der Waals surface area contributed by atoms with Crippen molar-refractivity contribution in [3.63, 3.8) is 0 Å². The van der Waals surface area contributed by atoms with Gasteiger partial charge in [0.2, 0.25) is 5.91 Å². The highest BCUT2D eigenvalue weighted by Gasteiger charge is 2.39. The Labute approximate surface area is 177 Å². The minimum Gasteiger partial charge on any atom is -0.478 e. The van der Waals surface area contributed by atoms with Crippen LogP contribution in [-0.4, -0.2) is 42.2 Å². The van der Waals surface area contributed by atoms with Crippen LogP contribution in [0.15, 0.2) is 42.5 Å². The molecule has 7 heteroatoms. The summed E-state index contributed by atoms with van der Waals surface area (Å²) in [6.07, 6.45) is 0.887. The van der Waals surface area contributed by atoms with Gasteiger partial charge >= 0.3 is 5.97 Å². The molecule has 0 spiro atoms. The minimum absolute atomic E-state index is 0.0382. The number of carbonyl (C=O) groups excluding carboxylic acids is 1. The van der Waals surface area contributed by atoms with Crippen LogP contribution in [0.4, 0.5) is 4.39 Å². The van der Waals surface area contributed by atoms with Gasteiger partial charge in [-0.05, 0) is 49.3 Å². The standard InChI is InChI=1S/C23H29FN2O3Si/c1-15-11-17(9-10-18(15)23(28)29)12-26(16(2)19-7-5-6-8-20(19)24)22(27)21-13-30(3,4)14-25-21/h5-11,16,21,25H,12-14H2,1-4H3,(H,28,29)/t16-,21+/m1/s1. The van der Waals surface area contributed by atoms with Gasteiger partial charge in [0.1, 0.15) is 5.82 Å². The molecule has 1 amide bonds. The molecule has 2 aromatic rings. The Bertz CT molecular complexity index is 963. The number of benzene rings is 2. The van der Waals surface area contributed by atoms with Crippen molar-refractivity contribution < 1.29 is 19.1 Å². The number of carboxylic acids is 1. The summed E-state index contributed by atoms with van der Waals surface area (Å²) in [5.41, 5.74) is 2.17. The van der Waals surface area contributed by atoms with E-state index in [2.05, 4.69) is 18.4 Å². The SMILES string of the molecule is Cc1cc(CN(C(=O)[C@@H]2C[Si](C)(C)CN2)[C@H](C)c2ccccc2F)ccc1C(=O)O. The van der Waals surface area contributed by atoms with E-state index < -0.39 is 20.1 Å². The number of nitrogens with one attached hydrogen (secondary N) is 1. The van der Waals surface area contributed by atoms with Gasteiger partial charge in [0, 0.05) is 12.1 Å². The molecule has 2 N–H and O–H groups in total. The predicted octanol–water partition coefficient (Wildman–Crippen LogP) is 4.14. The zero-order valence-electron chi connectivity index (χ0n) is 17.9. The van der Waals surface area contributed by atoms with Crippen LogP contribution in [0.3, 0.4) is 0 Å². The maximum atomic E-state index is 14.5. The van der Waals surface area contributed by atoms with Gasteiger partial charge in [-0.15, -0.1) is 0 Å². The number of aryl methyl sites for hydroxylation is 1. The summed E-state index contributed by atoms with van der Waals surface area (Å²) in [4.78, 5) is 26.5. The molecule has 1 saturated heterocycles. The van der Waals surface area contributed by atoms with E-state index >= 15 is 0 Å². The second-order valence-corrected chi connectivity index (χ2v) is 14.0. The Morgan fingerprint density at radius 2 is 1.97 bits per heavy atom. The molecule has 1 heterocycles. The number of halogens is 1. The van der Waals surface area contributed by atoms with Crippen molar-refractivity contribution in [3.8, 4) is 0 Å². The smallest absolute Gasteiger partial charge is 0.335 e. The van der Waals surface area contributed by atoms with Crippen LogP contribution in [0.1, 0.15) is 40.0 Å². The molecule has 0 aliphatic carbocycles. The summed E-state index contributed by atoms with van der Waals surface area (Å²) in [6, 6.07) is 11.7. The molecule has 1 aliphatic heterocycles. The summed E-state index contributed by atoms with van der Waals surface area (Å²) < 4.78 is 14.5. The highest BCUT2D eigenvalue weighted by Crippen LogP contribution is 2.29. The summed E-state index contributed by atoms with van der Waals surface area (Å²) in [5, 5.41) is 12.6. The first-order valence-electron chi connectivity index (χ1n) is 10.2. The number of hydrogen-bond donors (Lipinski definition) is 2. The molecule has 1 fully saturated rings. The molecule has 30 heavy (non-hydrogen) atoms.